The summed E-state index contributed by atoms with van der Waals surface area (Å²) in [6.07, 6.45) is 1.58. The molecule has 0 aliphatic carbocycles. The summed E-state index contributed by atoms with van der Waals surface area (Å²) < 4.78 is 0. The average molecular weight is 220 g/mol. The molecular formula is C13H20N2O. The van der Waals surface area contributed by atoms with Crippen LogP contribution in [0.5, 0.6) is 0 Å². The maximum atomic E-state index is 9.50. The Hall–Kier alpha value is -1.06. The molecule has 3 nitrogen and oxygen atoms in total. The molecule has 1 unspecified atom stereocenters. The molecule has 1 aromatic rings. The zero-order chi connectivity index (χ0) is 11.5. The summed E-state index contributed by atoms with van der Waals surface area (Å²) in [5.74, 6) is 0. The van der Waals surface area contributed by atoms with Gasteiger partial charge in [0.25, 0.3) is 0 Å². The van der Waals surface area contributed by atoms with Crippen molar-refractivity contribution in [2.75, 3.05) is 18.0 Å². The summed E-state index contributed by atoms with van der Waals surface area (Å²) in [5.41, 5.74) is 8.39. The van der Waals surface area contributed by atoms with Crippen LogP contribution in [0.25, 0.3) is 0 Å². The van der Waals surface area contributed by atoms with Crippen LogP contribution in [0.2, 0.25) is 0 Å². The molecule has 1 fully saturated rings. The first kappa shape index (κ1) is 11.4. The smallest absolute Gasteiger partial charge is 0.0574 e. The molecule has 1 saturated heterocycles. The van der Waals surface area contributed by atoms with E-state index in [1.165, 1.54) is 11.3 Å². The fourth-order valence-electron chi connectivity index (χ4n) is 2.27. The first-order valence-electron chi connectivity index (χ1n) is 5.96. The van der Waals surface area contributed by atoms with Crippen molar-refractivity contribution < 1.29 is 5.11 Å². The lowest BCUT2D eigenvalue weighted by Gasteiger charge is -2.33. The van der Waals surface area contributed by atoms with E-state index < -0.39 is 0 Å². The predicted molar refractivity (Wildman–Crippen MR) is 66.5 cm³/mol. The molecule has 2 rings (SSSR count). The van der Waals surface area contributed by atoms with Crippen molar-refractivity contribution in [2.45, 2.75) is 31.9 Å². The second-order valence-electron chi connectivity index (χ2n) is 4.57. The van der Waals surface area contributed by atoms with Crippen LogP contribution in [0.4, 0.5) is 5.69 Å². The molecule has 1 aromatic carbocycles. The molecule has 0 spiro atoms. The molecule has 3 heteroatoms. The lowest BCUT2D eigenvalue weighted by molar-refractivity contribution is 0.145. The summed E-state index contributed by atoms with van der Waals surface area (Å²) in [6.45, 7) is 3.85. The predicted octanol–water partition coefficient (Wildman–Crippen LogP) is 1.67. The van der Waals surface area contributed by atoms with Crippen LogP contribution in [0.1, 0.15) is 31.4 Å². The molecule has 0 saturated carbocycles. The van der Waals surface area contributed by atoms with Gasteiger partial charge in [0.2, 0.25) is 0 Å². The fourth-order valence-corrected chi connectivity index (χ4v) is 2.27. The van der Waals surface area contributed by atoms with E-state index >= 15 is 0 Å². The molecular weight excluding hydrogens is 200 g/mol. The second kappa shape index (κ2) is 4.85. The Morgan fingerprint density at radius 3 is 2.56 bits per heavy atom. The Labute approximate surface area is 96.9 Å². The van der Waals surface area contributed by atoms with Crippen LogP contribution in [0.15, 0.2) is 24.3 Å². The number of aliphatic hydroxyl groups is 1. The van der Waals surface area contributed by atoms with Gasteiger partial charge in [-0.15, -0.1) is 0 Å². The SMILES string of the molecule is CC(N)c1ccccc1N1CCC(O)CC1. The summed E-state index contributed by atoms with van der Waals surface area (Å²) in [5, 5.41) is 9.50. The van der Waals surface area contributed by atoms with E-state index in [0.29, 0.717) is 0 Å². The molecule has 0 aromatic heterocycles. The maximum Gasteiger partial charge on any atom is 0.0574 e. The Balaban J connectivity index is 2.19. The van der Waals surface area contributed by atoms with E-state index in [2.05, 4.69) is 17.0 Å². The molecule has 0 radical (unpaired) electrons. The van der Waals surface area contributed by atoms with Crippen molar-refractivity contribution in [2.24, 2.45) is 5.73 Å². The molecule has 1 aliphatic rings. The normalized spacial score (nSPS) is 19.8. The van der Waals surface area contributed by atoms with Crippen LogP contribution in [0.3, 0.4) is 0 Å². The zero-order valence-electron chi connectivity index (χ0n) is 9.76. The lowest BCUT2D eigenvalue weighted by Crippen LogP contribution is -2.36. The largest absolute Gasteiger partial charge is 0.393 e. The van der Waals surface area contributed by atoms with Crippen LogP contribution in [-0.2, 0) is 0 Å². The molecule has 1 heterocycles. The number of hydrogen-bond acceptors (Lipinski definition) is 3. The summed E-state index contributed by atoms with van der Waals surface area (Å²) in [4.78, 5) is 2.32. The summed E-state index contributed by atoms with van der Waals surface area (Å²) >= 11 is 0. The third-order valence-electron chi connectivity index (χ3n) is 3.23. The van der Waals surface area contributed by atoms with Gasteiger partial charge in [0.15, 0.2) is 0 Å². The van der Waals surface area contributed by atoms with Crippen molar-refractivity contribution in [1.82, 2.24) is 0 Å². The van der Waals surface area contributed by atoms with Gasteiger partial charge < -0.3 is 15.7 Å². The number of nitrogens with two attached hydrogens (primary N) is 1. The minimum atomic E-state index is -0.126. The quantitative estimate of drug-likeness (QED) is 0.797. The summed E-state index contributed by atoms with van der Waals surface area (Å²) in [7, 11) is 0. The standard InChI is InChI=1S/C13H20N2O/c1-10(14)12-4-2-3-5-13(12)15-8-6-11(16)7-9-15/h2-5,10-11,16H,6-9,14H2,1H3. The maximum absolute atomic E-state index is 9.50. The van der Waals surface area contributed by atoms with Gasteiger partial charge in [0.05, 0.1) is 6.10 Å². The topological polar surface area (TPSA) is 49.5 Å². The minimum absolute atomic E-state index is 0.0584. The molecule has 3 N–H and O–H groups in total. The third-order valence-corrected chi connectivity index (χ3v) is 3.23. The highest BCUT2D eigenvalue weighted by Crippen LogP contribution is 2.27. The van der Waals surface area contributed by atoms with Gasteiger partial charge in [-0.05, 0) is 31.4 Å². The van der Waals surface area contributed by atoms with E-state index in [-0.39, 0.29) is 12.1 Å². The van der Waals surface area contributed by atoms with Crippen LogP contribution in [-0.4, -0.2) is 24.3 Å². The van der Waals surface area contributed by atoms with Gasteiger partial charge in [-0.3, -0.25) is 0 Å². The van der Waals surface area contributed by atoms with Gasteiger partial charge in [-0.2, -0.15) is 0 Å². The molecule has 0 amide bonds. The van der Waals surface area contributed by atoms with Crippen molar-refractivity contribution in [3.63, 3.8) is 0 Å². The number of anilines is 1. The van der Waals surface area contributed by atoms with E-state index in [0.717, 1.165) is 25.9 Å². The Morgan fingerprint density at radius 2 is 1.94 bits per heavy atom. The first-order chi connectivity index (χ1) is 7.68. The van der Waals surface area contributed by atoms with E-state index in [4.69, 9.17) is 5.73 Å². The molecule has 1 aliphatic heterocycles. The molecule has 16 heavy (non-hydrogen) atoms. The highest BCUT2D eigenvalue weighted by Gasteiger charge is 2.19. The van der Waals surface area contributed by atoms with Gasteiger partial charge in [-0.1, -0.05) is 18.2 Å². The van der Waals surface area contributed by atoms with Crippen molar-refractivity contribution >= 4 is 5.69 Å². The number of benzene rings is 1. The van der Waals surface area contributed by atoms with Gasteiger partial charge in [0.1, 0.15) is 0 Å². The Bertz CT molecular complexity index is 344. The van der Waals surface area contributed by atoms with Crippen LogP contribution >= 0.6 is 0 Å². The van der Waals surface area contributed by atoms with Crippen molar-refractivity contribution in [3.8, 4) is 0 Å². The highest BCUT2D eigenvalue weighted by atomic mass is 16.3. The number of para-hydroxylation sites is 1. The lowest BCUT2D eigenvalue weighted by atomic mass is 10.0. The van der Waals surface area contributed by atoms with Crippen molar-refractivity contribution in [3.05, 3.63) is 29.8 Å². The summed E-state index contributed by atoms with van der Waals surface area (Å²) in [6, 6.07) is 8.34. The number of aliphatic hydroxyl groups excluding tert-OH is 1. The Kier molecular flexibility index (Phi) is 3.46. The number of piperidine rings is 1. The fraction of sp³-hybridized carbons (Fsp3) is 0.538. The van der Waals surface area contributed by atoms with Crippen LogP contribution in [0, 0.1) is 0 Å². The second-order valence-corrected chi connectivity index (χ2v) is 4.57. The van der Waals surface area contributed by atoms with E-state index in [1.54, 1.807) is 0 Å². The average Bonchev–Trinajstić information content (AvgIpc) is 2.30. The van der Waals surface area contributed by atoms with E-state index in [1.807, 2.05) is 19.1 Å². The van der Waals surface area contributed by atoms with Gasteiger partial charge in [0, 0.05) is 24.8 Å². The zero-order valence-corrected chi connectivity index (χ0v) is 9.76. The third kappa shape index (κ3) is 2.36. The van der Waals surface area contributed by atoms with E-state index in [9.17, 15) is 5.11 Å². The highest BCUT2D eigenvalue weighted by molar-refractivity contribution is 5.55. The number of nitrogens with zero attached hydrogens (tertiary/aromatic N) is 1. The Morgan fingerprint density at radius 1 is 1.31 bits per heavy atom. The van der Waals surface area contributed by atoms with Gasteiger partial charge in [-0.25, -0.2) is 0 Å². The van der Waals surface area contributed by atoms with Crippen LogP contribution < -0.4 is 10.6 Å². The molecule has 0 bridgehead atoms. The van der Waals surface area contributed by atoms with Crippen molar-refractivity contribution in [1.29, 1.82) is 0 Å². The monoisotopic (exact) mass is 220 g/mol. The number of hydrogen-bond donors (Lipinski definition) is 2. The first-order valence-corrected chi connectivity index (χ1v) is 5.96. The van der Waals surface area contributed by atoms with Gasteiger partial charge >= 0.3 is 0 Å². The molecule has 88 valence electrons. The minimum Gasteiger partial charge on any atom is -0.393 e. The number of rotatable bonds is 2. The molecule has 1 atom stereocenters.